The molecule has 2 aromatic heterocycles. The van der Waals surface area contributed by atoms with E-state index in [-0.39, 0.29) is 34.7 Å². The molecule has 5 rings (SSSR count). The Bertz CT molecular complexity index is 1530. The van der Waals surface area contributed by atoms with Crippen molar-refractivity contribution in [2.24, 2.45) is 0 Å². The number of thioether (sulfide) groups is 1. The molecule has 0 radical (unpaired) electrons. The lowest BCUT2D eigenvalue weighted by Crippen LogP contribution is -2.66. The normalized spacial score (nSPS) is 24.3. The monoisotopic (exact) mass is 703 g/mol. The highest BCUT2D eigenvalue weighted by atomic mass is 32.2. The molecular weight excluding hydrogens is 659 g/mol. The van der Waals surface area contributed by atoms with Crippen molar-refractivity contribution >= 4 is 68.4 Å². The molecule has 11 nitrogen and oxygen atoms in total. The minimum atomic E-state index is -2.97. The maximum absolute atomic E-state index is 13.0. The zero-order valence-corrected chi connectivity index (χ0v) is 31.6. The third kappa shape index (κ3) is 6.44. The molecule has 1 aromatic carbocycles. The molecule has 0 aliphatic carbocycles. The molecule has 0 unspecified atom stereocenters. The third-order valence-electron chi connectivity index (χ3n) is 8.92. The number of carbonyl (C=O) groups is 1. The second-order valence-corrected chi connectivity index (χ2v) is 23.3. The number of aromatic nitrogens is 4. The third-order valence-corrected chi connectivity index (χ3v) is 20.2. The van der Waals surface area contributed by atoms with Gasteiger partial charge in [-0.25, -0.2) is 15.0 Å². The fourth-order valence-electron chi connectivity index (χ4n) is 6.53. The van der Waals surface area contributed by atoms with Gasteiger partial charge < -0.3 is 27.8 Å². The minimum Gasteiger partial charge on any atom is -0.468 e. The van der Waals surface area contributed by atoms with Crippen LogP contribution in [0.15, 0.2) is 43.0 Å². The summed E-state index contributed by atoms with van der Waals surface area (Å²) in [5.41, 5.74) is 2.06. The maximum Gasteiger partial charge on any atom is 0.335 e. The second kappa shape index (κ2) is 14.1. The van der Waals surface area contributed by atoms with E-state index in [4.69, 9.17) is 34.7 Å². The van der Waals surface area contributed by atoms with Gasteiger partial charge >= 0.3 is 17.1 Å². The molecule has 250 valence electrons. The van der Waals surface area contributed by atoms with E-state index in [9.17, 15) is 4.79 Å². The number of benzene rings is 1. The second-order valence-electron chi connectivity index (χ2n) is 13.0. The Balaban J connectivity index is 1.57. The van der Waals surface area contributed by atoms with Crippen LogP contribution in [-0.2, 0) is 22.4 Å². The van der Waals surface area contributed by atoms with Crippen LogP contribution in [0, 0.1) is 0 Å². The van der Waals surface area contributed by atoms with Crippen molar-refractivity contribution in [3.63, 3.8) is 0 Å². The number of rotatable bonds is 8. The number of thiocarbonyl (C=S) groups is 1. The van der Waals surface area contributed by atoms with E-state index in [1.807, 2.05) is 29.0 Å². The van der Waals surface area contributed by atoms with Gasteiger partial charge in [-0.3, -0.25) is 9.36 Å². The van der Waals surface area contributed by atoms with Crippen molar-refractivity contribution in [3.8, 4) is 0 Å². The van der Waals surface area contributed by atoms with Crippen LogP contribution in [0.4, 0.5) is 5.82 Å². The van der Waals surface area contributed by atoms with Crippen LogP contribution in [-0.4, -0.2) is 78.1 Å². The van der Waals surface area contributed by atoms with Crippen LogP contribution in [0.1, 0.15) is 72.0 Å². The fraction of sp³-hybridized carbons (Fsp3) is 0.581. The predicted molar refractivity (Wildman–Crippen MR) is 188 cm³/mol. The Morgan fingerprint density at radius 2 is 1.65 bits per heavy atom. The summed E-state index contributed by atoms with van der Waals surface area (Å²) in [5, 5.41) is 2.88. The van der Waals surface area contributed by atoms with Crippen LogP contribution in [0.3, 0.4) is 0 Å². The smallest absolute Gasteiger partial charge is 0.335 e. The van der Waals surface area contributed by atoms with Gasteiger partial charge in [-0.15, -0.1) is 0 Å². The molecule has 4 heterocycles. The SMILES string of the molecule is CSC(=S)O[C@@H]1[C@@H]2O[Si](C(C)C)(C(C)C)O[Si](C(C)C)(C(C)C)OC[C@H]2O[C@H]1n1cnc2c(NC(=O)c3ccccc3)ncnc21. The van der Waals surface area contributed by atoms with Gasteiger partial charge in [0.25, 0.3) is 5.91 Å². The quantitative estimate of drug-likeness (QED) is 0.194. The molecule has 1 amide bonds. The van der Waals surface area contributed by atoms with Crippen LogP contribution in [0.2, 0.25) is 22.2 Å². The van der Waals surface area contributed by atoms with Gasteiger partial charge in [0, 0.05) is 5.56 Å². The van der Waals surface area contributed by atoms with Gasteiger partial charge in [0.05, 0.1) is 12.9 Å². The minimum absolute atomic E-state index is 0.129. The summed E-state index contributed by atoms with van der Waals surface area (Å²) in [6.45, 7) is 17.8. The van der Waals surface area contributed by atoms with E-state index >= 15 is 0 Å². The molecule has 15 heteroatoms. The topological polar surface area (TPSA) is 119 Å². The van der Waals surface area contributed by atoms with Gasteiger partial charge in [-0.05, 0) is 52.8 Å². The molecule has 46 heavy (non-hydrogen) atoms. The van der Waals surface area contributed by atoms with Crippen molar-refractivity contribution in [1.29, 1.82) is 0 Å². The Morgan fingerprint density at radius 1 is 1.00 bits per heavy atom. The van der Waals surface area contributed by atoms with Crippen molar-refractivity contribution in [1.82, 2.24) is 19.5 Å². The summed E-state index contributed by atoms with van der Waals surface area (Å²) in [7, 11) is -5.75. The van der Waals surface area contributed by atoms with Gasteiger partial charge in [0.15, 0.2) is 29.3 Å². The number of ether oxygens (including phenoxy) is 2. The standard InChI is InChI=1S/C31H45N5O6S2Si2/c1-18(2)45(19(3)4)38-15-23-25(41-46(42-45,20(5)6)21(7)8)26(40-31(43)44-9)30(39-23)36-17-34-24-27(32-16-33-28(24)36)35-29(37)22-13-11-10-12-14-22/h10-14,16-21,23,25-26,30H,15H2,1-9H3,(H,32,33,35,37)/t23-,25-,26-,30-/m1/s1. The number of hydrogen-bond acceptors (Lipinski definition) is 11. The Hall–Kier alpha value is -2.25. The lowest BCUT2D eigenvalue weighted by atomic mass is 10.1. The number of carbonyl (C=O) groups excluding carboxylic acids is 1. The molecule has 4 atom stereocenters. The Morgan fingerprint density at radius 3 is 2.26 bits per heavy atom. The largest absolute Gasteiger partial charge is 0.468 e. The summed E-state index contributed by atoms with van der Waals surface area (Å²) in [5.74, 6) is -0.00289. The lowest BCUT2D eigenvalue weighted by Gasteiger charge is -2.51. The number of amides is 1. The lowest BCUT2D eigenvalue weighted by molar-refractivity contribution is -0.0563. The van der Waals surface area contributed by atoms with Crippen molar-refractivity contribution in [3.05, 3.63) is 48.5 Å². The summed E-state index contributed by atoms with van der Waals surface area (Å²) >= 11 is 6.94. The average Bonchev–Trinajstić information content (AvgIpc) is 3.58. The molecular formula is C31H45N5O6S2Si2. The van der Waals surface area contributed by atoms with E-state index in [2.05, 4.69) is 75.7 Å². The summed E-state index contributed by atoms with van der Waals surface area (Å²) in [6.07, 6.45) is 2.56. The van der Waals surface area contributed by atoms with Crippen LogP contribution in [0.5, 0.6) is 0 Å². The van der Waals surface area contributed by atoms with Crippen LogP contribution >= 0.6 is 24.0 Å². The number of hydrogen-bond donors (Lipinski definition) is 1. The predicted octanol–water partition coefficient (Wildman–Crippen LogP) is 6.97. The number of nitrogens with zero attached hydrogens (tertiary/aromatic N) is 4. The summed E-state index contributed by atoms with van der Waals surface area (Å²) < 4.78 is 37.2. The first-order valence-corrected chi connectivity index (χ1v) is 21.4. The highest BCUT2D eigenvalue weighted by Crippen LogP contribution is 2.49. The highest BCUT2D eigenvalue weighted by Gasteiger charge is 2.62. The van der Waals surface area contributed by atoms with E-state index in [0.717, 1.165) is 0 Å². The van der Waals surface area contributed by atoms with Crippen molar-refractivity contribution in [2.75, 3.05) is 18.2 Å². The molecule has 0 bridgehead atoms. The number of nitrogens with one attached hydrogen (secondary N) is 1. The Labute approximate surface area is 283 Å². The maximum atomic E-state index is 13.0. The molecule has 2 aliphatic heterocycles. The van der Waals surface area contributed by atoms with Gasteiger partial charge in [0.1, 0.15) is 18.5 Å². The van der Waals surface area contributed by atoms with Crippen LogP contribution in [0.25, 0.3) is 11.2 Å². The van der Waals surface area contributed by atoms with E-state index in [1.54, 1.807) is 18.5 Å². The van der Waals surface area contributed by atoms with E-state index in [1.165, 1.54) is 18.1 Å². The first kappa shape index (κ1) is 35.1. The number of anilines is 1. The molecule has 3 aromatic rings. The van der Waals surface area contributed by atoms with E-state index < -0.39 is 41.7 Å². The average molecular weight is 704 g/mol. The van der Waals surface area contributed by atoms with Gasteiger partial charge in [0.2, 0.25) is 4.38 Å². The molecule has 2 saturated heterocycles. The molecule has 0 spiro atoms. The Kier molecular flexibility index (Phi) is 10.7. The first-order chi connectivity index (χ1) is 21.8. The first-order valence-electron chi connectivity index (χ1n) is 15.8. The summed E-state index contributed by atoms with van der Waals surface area (Å²) in [6, 6.07) is 8.95. The highest BCUT2D eigenvalue weighted by molar-refractivity contribution is 8.22. The zero-order valence-electron chi connectivity index (χ0n) is 27.9. The molecule has 0 saturated carbocycles. The van der Waals surface area contributed by atoms with Gasteiger partial charge in [-0.1, -0.05) is 85.4 Å². The van der Waals surface area contributed by atoms with E-state index in [0.29, 0.717) is 26.9 Å². The number of fused-ring (bicyclic) bond motifs is 2. The molecule has 2 fully saturated rings. The van der Waals surface area contributed by atoms with Gasteiger partial charge in [-0.2, -0.15) is 0 Å². The molecule has 1 N–H and O–H groups in total. The summed E-state index contributed by atoms with van der Waals surface area (Å²) in [4.78, 5) is 26.5. The van der Waals surface area contributed by atoms with Crippen molar-refractivity contribution < 1.29 is 27.2 Å². The molecule has 2 aliphatic rings. The fourth-order valence-corrected chi connectivity index (χ4v) is 18.1. The van der Waals surface area contributed by atoms with Crippen LogP contribution < -0.4 is 5.32 Å². The number of imidazole rings is 1. The zero-order chi connectivity index (χ0) is 33.4. The van der Waals surface area contributed by atoms with Crippen molar-refractivity contribution in [2.45, 2.75) is 102 Å².